The Balaban J connectivity index is 1.91. The second-order valence-corrected chi connectivity index (χ2v) is 6.68. The van der Waals surface area contributed by atoms with Crippen molar-refractivity contribution in [1.29, 1.82) is 0 Å². The molecule has 1 heterocycles. The van der Waals surface area contributed by atoms with Crippen LogP contribution in [0.15, 0.2) is 0 Å². The molecule has 2 unspecified atom stereocenters. The van der Waals surface area contributed by atoms with Gasteiger partial charge in [0.2, 0.25) is 0 Å². The van der Waals surface area contributed by atoms with Gasteiger partial charge in [-0.3, -0.25) is 0 Å². The number of ether oxygens (including phenoxy) is 2. The van der Waals surface area contributed by atoms with Crippen LogP contribution in [0.1, 0.15) is 40.0 Å². The molecule has 0 radical (unpaired) electrons. The lowest BCUT2D eigenvalue weighted by Crippen LogP contribution is -2.62. The minimum absolute atomic E-state index is 0.128. The molecule has 1 saturated heterocycles. The molecule has 1 saturated carbocycles. The second-order valence-electron chi connectivity index (χ2n) is 6.68. The largest absolute Gasteiger partial charge is 0.444 e. The SMILES string of the molecule is COC1CC(O)C12CCN(C(=O)OC(C)(C)C)CC2. The van der Waals surface area contributed by atoms with E-state index in [1.165, 1.54) is 0 Å². The molecule has 2 aliphatic rings. The van der Waals surface area contributed by atoms with Gasteiger partial charge in [-0.05, 0) is 33.6 Å². The summed E-state index contributed by atoms with van der Waals surface area (Å²) < 4.78 is 10.8. The lowest BCUT2D eigenvalue weighted by Gasteiger charge is -2.56. The summed E-state index contributed by atoms with van der Waals surface area (Å²) in [6.07, 6.45) is 1.85. The van der Waals surface area contributed by atoms with E-state index in [-0.39, 0.29) is 23.7 Å². The van der Waals surface area contributed by atoms with Crippen molar-refractivity contribution in [1.82, 2.24) is 4.90 Å². The quantitative estimate of drug-likeness (QED) is 0.790. The summed E-state index contributed by atoms with van der Waals surface area (Å²) in [6, 6.07) is 0. The van der Waals surface area contributed by atoms with Gasteiger partial charge in [0.15, 0.2) is 0 Å². The minimum atomic E-state index is -0.461. The van der Waals surface area contributed by atoms with Gasteiger partial charge in [0, 0.05) is 32.0 Å². The average molecular weight is 271 g/mol. The molecule has 1 amide bonds. The highest BCUT2D eigenvalue weighted by atomic mass is 16.6. The molecule has 5 heteroatoms. The van der Waals surface area contributed by atoms with Crippen LogP contribution in [0.3, 0.4) is 0 Å². The van der Waals surface area contributed by atoms with E-state index in [1.54, 1.807) is 12.0 Å². The number of aliphatic hydroxyl groups excluding tert-OH is 1. The van der Waals surface area contributed by atoms with E-state index in [9.17, 15) is 9.90 Å². The second kappa shape index (κ2) is 4.94. The van der Waals surface area contributed by atoms with Gasteiger partial charge in [0.05, 0.1) is 12.2 Å². The highest BCUT2D eigenvalue weighted by Crippen LogP contribution is 2.50. The molecule has 2 atom stereocenters. The highest BCUT2D eigenvalue weighted by Gasteiger charge is 2.56. The zero-order chi connectivity index (χ0) is 14.3. The zero-order valence-electron chi connectivity index (χ0n) is 12.3. The Kier molecular flexibility index (Phi) is 3.80. The predicted molar refractivity (Wildman–Crippen MR) is 70.9 cm³/mol. The van der Waals surface area contributed by atoms with Crippen molar-refractivity contribution in [2.45, 2.75) is 57.8 Å². The van der Waals surface area contributed by atoms with E-state index < -0.39 is 5.60 Å². The van der Waals surface area contributed by atoms with Crippen LogP contribution in [0.2, 0.25) is 0 Å². The molecule has 5 nitrogen and oxygen atoms in total. The topological polar surface area (TPSA) is 59.0 Å². The van der Waals surface area contributed by atoms with Crippen LogP contribution < -0.4 is 0 Å². The molecule has 0 aromatic rings. The van der Waals surface area contributed by atoms with Gasteiger partial charge >= 0.3 is 6.09 Å². The Morgan fingerprint density at radius 3 is 2.32 bits per heavy atom. The zero-order valence-corrected chi connectivity index (χ0v) is 12.3. The van der Waals surface area contributed by atoms with Crippen molar-refractivity contribution in [3.63, 3.8) is 0 Å². The van der Waals surface area contributed by atoms with Crippen molar-refractivity contribution < 1.29 is 19.4 Å². The Morgan fingerprint density at radius 2 is 1.89 bits per heavy atom. The molecule has 2 rings (SSSR count). The number of likely N-dealkylation sites (tertiary alicyclic amines) is 1. The number of hydrogen-bond acceptors (Lipinski definition) is 4. The number of carbonyl (C=O) groups is 1. The van der Waals surface area contributed by atoms with E-state index in [0.717, 1.165) is 12.8 Å². The van der Waals surface area contributed by atoms with Crippen molar-refractivity contribution in [3.8, 4) is 0 Å². The number of piperidine rings is 1. The molecule has 1 N–H and O–H groups in total. The molecule has 110 valence electrons. The van der Waals surface area contributed by atoms with Crippen LogP contribution in [0.25, 0.3) is 0 Å². The number of amides is 1. The summed E-state index contributed by atoms with van der Waals surface area (Å²) in [5, 5.41) is 10.0. The van der Waals surface area contributed by atoms with E-state index in [2.05, 4.69) is 0 Å². The lowest BCUT2D eigenvalue weighted by atomic mass is 9.58. The van der Waals surface area contributed by atoms with Crippen molar-refractivity contribution in [2.24, 2.45) is 5.41 Å². The Labute approximate surface area is 114 Å². The Morgan fingerprint density at radius 1 is 1.32 bits per heavy atom. The van der Waals surface area contributed by atoms with Crippen LogP contribution in [-0.2, 0) is 9.47 Å². The first-order valence-corrected chi connectivity index (χ1v) is 6.97. The van der Waals surface area contributed by atoms with Crippen LogP contribution in [0.5, 0.6) is 0 Å². The summed E-state index contributed by atoms with van der Waals surface area (Å²) in [5.41, 5.74) is -0.607. The molecular weight excluding hydrogens is 246 g/mol. The van der Waals surface area contributed by atoms with Gasteiger partial charge in [-0.1, -0.05) is 0 Å². The molecular formula is C14H25NO4. The number of hydrogen-bond donors (Lipinski definition) is 1. The first-order chi connectivity index (χ1) is 8.78. The van der Waals surface area contributed by atoms with Crippen LogP contribution in [0, 0.1) is 5.41 Å². The Hall–Kier alpha value is -0.810. The third kappa shape index (κ3) is 2.72. The summed E-state index contributed by atoms with van der Waals surface area (Å²) in [7, 11) is 1.69. The number of carbonyl (C=O) groups excluding carboxylic acids is 1. The summed E-state index contributed by atoms with van der Waals surface area (Å²) in [5.74, 6) is 0. The molecule has 1 spiro atoms. The monoisotopic (exact) mass is 271 g/mol. The van der Waals surface area contributed by atoms with Crippen molar-refractivity contribution >= 4 is 6.09 Å². The smallest absolute Gasteiger partial charge is 0.410 e. The lowest BCUT2D eigenvalue weighted by molar-refractivity contribution is -0.200. The highest BCUT2D eigenvalue weighted by molar-refractivity contribution is 5.68. The molecule has 19 heavy (non-hydrogen) atoms. The first kappa shape index (κ1) is 14.6. The van der Waals surface area contributed by atoms with Gasteiger partial charge in [-0.2, -0.15) is 0 Å². The normalized spacial score (nSPS) is 30.1. The summed E-state index contributed by atoms with van der Waals surface area (Å²) >= 11 is 0. The average Bonchev–Trinajstić information content (AvgIpc) is 2.33. The van der Waals surface area contributed by atoms with Gasteiger partial charge < -0.3 is 19.5 Å². The van der Waals surface area contributed by atoms with Crippen molar-refractivity contribution in [3.05, 3.63) is 0 Å². The maximum absolute atomic E-state index is 12.0. The van der Waals surface area contributed by atoms with Gasteiger partial charge in [-0.15, -0.1) is 0 Å². The standard InChI is InChI=1S/C14H25NO4/c1-13(2,3)19-12(17)15-7-5-14(6-8-15)10(16)9-11(14)18-4/h10-11,16H,5-9H2,1-4H3. The fourth-order valence-corrected chi connectivity index (χ4v) is 3.14. The third-order valence-electron chi connectivity index (χ3n) is 4.37. The fraction of sp³-hybridized carbons (Fsp3) is 0.929. The molecule has 2 fully saturated rings. The molecule has 0 bridgehead atoms. The number of nitrogens with zero attached hydrogens (tertiary/aromatic N) is 1. The predicted octanol–water partition coefficient (Wildman–Crippen LogP) is 1.78. The van der Waals surface area contributed by atoms with Gasteiger partial charge in [-0.25, -0.2) is 4.79 Å². The van der Waals surface area contributed by atoms with Gasteiger partial charge in [0.25, 0.3) is 0 Å². The maximum Gasteiger partial charge on any atom is 0.410 e. The summed E-state index contributed by atoms with van der Waals surface area (Å²) in [6.45, 7) is 6.87. The first-order valence-electron chi connectivity index (χ1n) is 6.97. The number of rotatable bonds is 1. The minimum Gasteiger partial charge on any atom is -0.444 e. The van der Waals surface area contributed by atoms with Crippen LogP contribution >= 0.6 is 0 Å². The fourth-order valence-electron chi connectivity index (χ4n) is 3.14. The number of methoxy groups -OCH3 is 1. The summed E-state index contributed by atoms with van der Waals surface area (Å²) in [4.78, 5) is 13.7. The number of aliphatic hydroxyl groups is 1. The molecule has 0 aromatic heterocycles. The Bertz CT molecular complexity index is 342. The van der Waals surface area contributed by atoms with E-state index in [0.29, 0.717) is 19.5 Å². The molecule has 1 aliphatic carbocycles. The third-order valence-corrected chi connectivity index (χ3v) is 4.37. The van der Waals surface area contributed by atoms with E-state index >= 15 is 0 Å². The van der Waals surface area contributed by atoms with E-state index in [4.69, 9.17) is 9.47 Å². The van der Waals surface area contributed by atoms with Crippen molar-refractivity contribution in [2.75, 3.05) is 20.2 Å². The van der Waals surface area contributed by atoms with Crippen LogP contribution in [-0.4, -0.2) is 54.1 Å². The molecule has 1 aliphatic heterocycles. The maximum atomic E-state index is 12.0. The van der Waals surface area contributed by atoms with Crippen LogP contribution in [0.4, 0.5) is 4.79 Å². The molecule has 0 aromatic carbocycles. The van der Waals surface area contributed by atoms with E-state index in [1.807, 2.05) is 20.8 Å². The van der Waals surface area contributed by atoms with Gasteiger partial charge in [0.1, 0.15) is 5.60 Å².